The smallest absolute Gasteiger partial charge is 0.134 e. The third kappa shape index (κ3) is 1.84. The SMILES string of the molecule is Cc1ccc2oc(C3NCCc4ccccc43)cc2c1. The molecule has 20 heavy (non-hydrogen) atoms. The second-order valence-corrected chi connectivity index (χ2v) is 5.53. The Hall–Kier alpha value is -2.06. The maximum atomic E-state index is 6.06. The number of aryl methyl sites for hydroxylation is 1. The van der Waals surface area contributed by atoms with E-state index in [-0.39, 0.29) is 6.04 Å². The van der Waals surface area contributed by atoms with Gasteiger partial charge >= 0.3 is 0 Å². The fraction of sp³-hybridized carbons (Fsp3) is 0.222. The highest BCUT2D eigenvalue weighted by Gasteiger charge is 2.23. The van der Waals surface area contributed by atoms with Crippen LogP contribution in [0.3, 0.4) is 0 Å². The molecule has 0 radical (unpaired) electrons. The fourth-order valence-electron chi connectivity index (χ4n) is 3.08. The van der Waals surface area contributed by atoms with E-state index < -0.39 is 0 Å². The van der Waals surface area contributed by atoms with Gasteiger partial charge in [-0.3, -0.25) is 0 Å². The van der Waals surface area contributed by atoms with Crippen molar-refractivity contribution in [3.05, 3.63) is 71.0 Å². The molecule has 1 aliphatic rings. The van der Waals surface area contributed by atoms with Crippen molar-refractivity contribution < 1.29 is 4.42 Å². The molecule has 100 valence electrons. The van der Waals surface area contributed by atoms with Crippen molar-refractivity contribution in [3.63, 3.8) is 0 Å². The van der Waals surface area contributed by atoms with Gasteiger partial charge in [-0.25, -0.2) is 0 Å². The highest BCUT2D eigenvalue weighted by atomic mass is 16.3. The van der Waals surface area contributed by atoms with Crippen LogP contribution in [0.25, 0.3) is 11.0 Å². The van der Waals surface area contributed by atoms with Gasteiger partial charge in [0, 0.05) is 11.9 Å². The monoisotopic (exact) mass is 263 g/mol. The molecule has 0 spiro atoms. The molecule has 1 aromatic heterocycles. The van der Waals surface area contributed by atoms with Crippen LogP contribution in [-0.4, -0.2) is 6.54 Å². The molecule has 0 bridgehead atoms. The minimum Gasteiger partial charge on any atom is -0.459 e. The van der Waals surface area contributed by atoms with Gasteiger partial charge in [-0.1, -0.05) is 35.9 Å². The largest absolute Gasteiger partial charge is 0.459 e. The first-order chi connectivity index (χ1) is 9.81. The molecule has 1 aliphatic heterocycles. The zero-order valence-corrected chi connectivity index (χ0v) is 11.5. The lowest BCUT2D eigenvalue weighted by Gasteiger charge is -2.25. The maximum absolute atomic E-state index is 6.06. The van der Waals surface area contributed by atoms with E-state index >= 15 is 0 Å². The van der Waals surface area contributed by atoms with Crippen LogP contribution < -0.4 is 5.32 Å². The van der Waals surface area contributed by atoms with Crippen molar-refractivity contribution in [1.82, 2.24) is 5.32 Å². The molecule has 4 rings (SSSR count). The van der Waals surface area contributed by atoms with E-state index in [1.807, 2.05) is 0 Å². The molecule has 1 N–H and O–H groups in total. The van der Waals surface area contributed by atoms with Crippen molar-refractivity contribution in [2.45, 2.75) is 19.4 Å². The lowest BCUT2D eigenvalue weighted by atomic mass is 9.93. The van der Waals surface area contributed by atoms with Crippen LogP contribution in [0, 0.1) is 6.92 Å². The van der Waals surface area contributed by atoms with Gasteiger partial charge in [0.1, 0.15) is 11.3 Å². The second-order valence-electron chi connectivity index (χ2n) is 5.53. The minimum absolute atomic E-state index is 0.174. The van der Waals surface area contributed by atoms with Crippen LogP contribution in [0.5, 0.6) is 0 Å². The first-order valence-corrected chi connectivity index (χ1v) is 7.12. The molecule has 1 atom stereocenters. The number of hydrogen-bond acceptors (Lipinski definition) is 2. The molecule has 0 saturated carbocycles. The first kappa shape index (κ1) is 11.7. The molecule has 2 heterocycles. The summed E-state index contributed by atoms with van der Waals surface area (Å²) in [5.74, 6) is 1.01. The summed E-state index contributed by atoms with van der Waals surface area (Å²) in [5, 5.41) is 4.76. The predicted octanol–water partition coefficient (Wildman–Crippen LogP) is 3.98. The zero-order valence-electron chi connectivity index (χ0n) is 11.5. The summed E-state index contributed by atoms with van der Waals surface area (Å²) in [6, 6.07) is 17.3. The van der Waals surface area contributed by atoms with E-state index in [0.717, 1.165) is 24.3 Å². The number of benzene rings is 2. The number of fused-ring (bicyclic) bond motifs is 2. The normalized spacial score (nSPS) is 18.1. The Morgan fingerprint density at radius 3 is 2.95 bits per heavy atom. The van der Waals surface area contributed by atoms with Gasteiger partial charge in [-0.15, -0.1) is 0 Å². The van der Waals surface area contributed by atoms with Gasteiger partial charge in [-0.2, -0.15) is 0 Å². The fourth-order valence-corrected chi connectivity index (χ4v) is 3.08. The zero-order chi connectivity index (χ0) is 13.5. The summed E-state index contributed by atoms with van der Waals surface area (Å²) in [5.41, 5.74) is 5.00. The molecule has 0 fully saturated rings. The molecule has 2 heteroatoms. The van der Waals surface area contributed by atoms with Crippen LogP contribution in [0.1, 0.15) is 28.5 Å². The van der Waals surface area contributed by atoms with Gasteiger partial charge in [-0.05, 0) is 42.7 Å². The van der Waals surface area contributed by atoms with E-state index in [9.17, 15) is 0 Å². The molecule has 2 nitrogen and oxygen atoms in total. The number of rotatable bonds is 1. The van der Waals surface area contributed by atoms with Crippen molar-refractivity contribution in [3.8, 4) is 0 Å². The third-order valence-corrected chi connectivity index (χ3v) is 4.08. The van der Waals surface area contributed by atoms with Gasteiger partial charge in [0.2, 0.25) is 0 Å². The van der Waals surface area contributed by atoms with Crippen LogP contribution in [0.4, 0.5) is 0 Å². The lowest BCUT2D eigenvalue weighted by Crippen LogP contribution is -2.30. The van der Waals surface area contributed by atoms with Crippen LogP contribution >= 0.6 is 0 Å². The summed E-state index contributed by atoms with van der Waals surface area (Å²) in [6.45, 7) is 3.11. The average molecular weight is 263 g/mol. The van der Waals surface area contributed by atoms with Crippen LogP contribution in [0.2, 0.25) is 0 Å². The van der Waals surface area contributed by atoms with Gasteiger partial charge < -0.3 is 9.73 Å². The number of furan rings is 1. The molecule has 0 aliphatic carbocycles. The van der Waals surface area contributed by atoms with Crippen molar-refractivity contribution in [2.24, 2.45) is 0 Å². The quantitative estimate of drug-likeness (QED) is 0.718. The molecular weight excluding hydrogens is 246 g/mol. The summed E-state index contributed by atoms with van der Waals surface area (Å²) in [7, 11) is 0. The Balaban J connectivity index is 1.84. The highest BCUT2D eigenvalue weighted by molar-refractivity contribution is 5.79. The molecular formula is C18H17NO. The van der Waals surface area contributed by atoms with Crippen molar-refractivity contribution >= 4 is 11.0 Å². The maximum Gasteiger partial charge on any atom is 0.134 e. The van der Waals surface area contributed by atoms with E-state index in [1.165, 1.54) is 22.1 Å². The molecule has 3 aromatic rings. The summed E-state index contributed by atoms with van der Waals surface area (Å²) in [4.78, 5) is 0. The topological polar surface area (TPSA) is 25.2 Å². The highest BCUT2D eigenvalue weighted by Crippen LogP contribution is 2.32. The summed E-state index contributed by atoms with van der Waals surface area (Å²) in [6.07, 6.45) is 1.09. The van der Waals surface area contributed by atoms with Crippen molar-refractivity contribution in [1.29, 1.82) is 0 Å². The van der Waals surface area contributed by atoms with E-state index in [1.54, 1.807) is 0 Å². The Morgan fingerprint density at radius 1 is 1.10 bits per heavy atom. The average Bonchev–Trinajstić information content (AvgIpc) is 2.89. The van der Waals surface area contributed by atoms with Gasteiger partial charge in [0.25, 0.3) is 0 Å². The van der Waals surface area contributed by atoms with Crippen molar-refractivity contribution in [2.75, 3.05) is 6.54 Å². The third-order valence-electron chi connectivity index (χ3n) is 4.08. The molecule has 0 saturated heterocycles. The van der Waals surface area contributed by atoms with Crippen LogP contribution in [-0.2, 0) is 6.42 Å². The minimum atomic E-state index is 0.174. The van der Waals surface area contributed by atoms with Gasteiger partial charge in [0.15, 0.2) is 0 Å². The Bertz CT molecular complexity index is 772. The standard InChI is InChI=1S/C18H17NO/c1-12-6-7-16-14(10-12)11-17(20-16)18-15-5-3-2-4-13(15)8-9-19-18/h2-7,10-11,18-19H,8-9H2,1H3. The molecule has 2 aromatic carbocycles. The number of nitrogens with one attached hydrogen (secondary N) is 1. The Labute approximate surface area is 118 Å². The predicted molar refractivity (Wildman–Crippen MR) is 80.9 cm³/mol. The summed E-state index contributed by atoms with van der Waals surface area (Å²) < 4.78 is 6.06. The van der Waals surface area contributed by atoms with E-state index in [0.29, 0.717) is 0 Å². The number of hydrogen-bond donors (Lipinski definition) is 1. The van der Waals surface area contributed by atoms with Gasteiger partial charge in [0.05, 0.1) is 6.04 Å². The first-order valence-electron chi connectivity index (χ1n) is 7.12. The lowest BCUT2D eigenvalue weighted by molar-refractivity contribution is 0.456. The molecule has 0 amide bonds. The van der Waals surface area contributed by atoms with E-state index in [4.69, 9.17) is 4.42 Å². The summed E-state index contributed by atoms with van der Waals surface area (Å²) >= 11 is 0. The second kappa shape index (κ2) is 4.50. The van der Waals surface area contributed by atoms with Crippen LogP contribution in [0.15, 0.2) is 52.9 Å². The van der Waals surface area contributed by atoms with E-state index in [2.05, 4.69) is 60.8 Å². The Morgan fingerprint density at radius 2 is 2.00 bits per heavy atom. The Kier molecular flexibility index (Phi) is 2.64. The molecule has 1 unspecified atom stereocenters.